The molecule has 0 aliphatic heterocycles. The summed E-state index contributed by atoms with van der Waals surface area (Å²) in [6.07, 6.45) is 33.7. The van der Waals surface area contributed by atoms with Crippen molar-refractivity contribution in [3.05, 3.63) is 0 Å². The molecule has 0 fully saturated rings. The number of phosphoric ester groups is 2. The highest BCUT2D eigenvalue weighted by Gasteiger charge is 2.30. The van der Waals surface area contributed by atoms with Gasteiger partial charge in [-0.05, 0) is 49.4 Å². The van der Waals surface area contributed by atoms with Gasteiger partial charge in [0.2, 0.25) is 0 Å². The van der Waals surface area contributed by atoms with E-state index in [1.807, 2.05) is 0 Å². The van der Waals surface area contributed by atoms with Gasteiger partial charge in [0.25, 0.3) is 0 Å². The van der Waals surface area contributed by atoms with Crippen LogP contribution in [-0.2, 0) is 65.4 Å². The van der Waals surface area contributed by atoms with Crippen molar-refractivity contribution in [2.45, 2.75) is 324 Å². The molecule has 0 saturated heterocycles. The van der Waals surface area contributed by atoms with Crippen LogP contribution in [0.3, 0.4) is 0 Å². The highest BCUT2D eigenvalue weighted by Crippen LogP contribution is 2.45. The van der Waals surface area contributed by atoms with Crippen molar-refractivity contribution in [3.63, 3.8) is 0 Å². The monoisotopic (exact) mass is 1230 g/mol. The van der Waals surface area contributed by atoms with E-state index in [0.29, 0.717) is 37.5 Å². The molecule has 0 bridgehead atoms. The maximum absolute atomic E-state index is 13.0. The molecular formula is C64H124O17P2. The second-order valence-corrected chi connectivity index (χ2v) is 27.7. The molecule has 83 heavy (non-hydrogen) atoms. The zero-order chi connectivity index (χ0) is 61.8. The van der Waals surface area contributed by atoms with Crippen LogP contribution in [0.15, 0.2) is 0 Å². The lowest BCUT2D eigenvalue weighted by atomic mass is 10.00. The molecule has 0 radical (unpaired) electrons. The Hall–Kier alpha value is -1.94. The second-order valence-electron chi connectivity index (χ2n) is 24.8. The smallest absolute Gasteiger partial charge is 0.462 e. The molecule has 3 unspecified atom stereocenters. The Morgan fingerprint density at radius 2 is 0.578 bits per heavy atom. The minimum absolute atomic E-state index is 0.101. The Bertz CT molecular complexity index is 1660. The van der Waals surface area contributed by atoms with E-state index in [1.165, 1.54) is 103 Å². The minimum atomic E-state index is -4.95. The van der Waals surface area contributed by atoms with Gasteiger partial charge in [-0.25, -0.2) is 9.13 Å². The molecule has 19 heteroatoms. The number of phosphoric acid groups is 2. The van der Waals surface area contributed by atoms with E-state index in [4.69, 9.17) is 37.0 Å². The van der Waals surface area contributed by atoms with Gasteiger partial charge < -0.3 is 33.8 Å². The molecule has 0 amide bonds. The van der Waals surface area contributed by atoms with Crippen LogP contribution in [0.2, 0.25) is 0 Å². The average molecular weight is 1230 g/mol. The fourth-order valence-electron chi connectivity index (χ4n) is 9.40. The first-order valence-corrected chi connectivity index (χ1v) is 36.2. The average Bonchev–Trinajstić information content (AvgIpc) is 3.45. The normalized spacial score (nSPS) is 14.8. The van der Waals surface area contributed by atoms with Gasteiger partial charge in [-0.2, -0.15) is 0 Å². The number of aliphatic hydroxyl groups excluding tert-OH is 1. The van der Waals surface area contributed by atoms with Crippen molar-refractivity contribution in [1.29, 1.82) is 0 Å². The standard InChI is InChI=1S/C64H124O17P2/c1-9-57(8)43-35-27-21-23-31-39-47-64(69)81-60(51-75-62(67)45-37-29-22-20-26-34-42-56(6)7)53-79-83(72,73)77-49-58(65)48-76-82(70,71)78-52-59(80-63(68)46-38-30-19-15-17-25-33-41-55(4)5)50-74-61(66)44-36-28-18-14-12-10-11-13-16-24-32-40-54(2)3/h54-60,65H,9-53H2,1-8H3,(H,70,71)(H,72,73)/t57?,58-,59-,60-/m1/s1. The number of carbonyl (C=O) groups is 4. The van der Waals surface area contributed by atoms with Gasteiger partial charge in [-0.15, -0.1) is 0 Å². The molecule has 0 aliphatic carbocycles. The number of esters is 4. The molecule has 0 saturated carbocycles. The number of aliphatic hydroxyl groups is 1. The van der Waals surface area contributed by atoms with Gasteiger partial charge in [0, 0.05) is 25.7 Å². The lowest BCUT2D eigenvalue weighted by molar-refractivity contribution is -0.161. The number of ether oxygens (including phenoxy) is 4. The molecule has 17 nitrogen and oxygen atoms in total. The molecule has 0 spiro atoms. The maximum atomic E-state index is 13.0. The van der Waals surface area contributed by atoms with E-state index < -0.39 is 97.5 Å². The first-order valence-electron chi connectivity index (χ1n) is 33.2. The van der Waals surface area contributed by atoms with Crippen LogP contribution in [-0.4, -0.2) is 96.7 Å². The summed E-state index contributed by atoms with van der Waals surface area (Å²) >= 11 is 0. The summed E-state index contributed by atoms with van der Waals surface area (Å²) in [7, 11) is -9.89. The zero-order valence-corrected chi connectivity index (χ0v) is 55.6. The Morgan fingerprint density at radius 3 is 0.855 bits per heavy atom. The van der Waals surface area contributed by atoms with E-state index in [2.05, 4.69) is 55.4 Å². The Labute approximate surface area is 505 Å². The highest BCUT2D eigenvalue weighted by molar-refractivity contribution is 7.47. The van der Waals surface area contributed by atoms with Crippen molar-refractivity contribution in [2.24, 2.45) is 23.7 Å². The number of rotatable bonds is 61. The quantitative estimate of drug-likeness (QED) is 0.0222. The Kier molecular flexibility index (Phi) is 53.0. The third-order valence-electron chi connectivity index (χ3n) is 14.9. The summed E-state index contributed by atoms with van der Waals surface area (Å²) in [6.45, 7) is 13.9. The van der Waals surface area contributed by atoms with Crippen LogP contribution < -0.4 is 0 Å². The van der Waals surface area contributed by atoms with Gasteiger partial charge in [-0.1, -0.05) is 254 Å². The molecular weight excluding hydrogens is 1100 g/mol. The molecule has 0 rings (SSSR count). The van der Waals surface area contributed by atoms with E-state index in [9.17, 15) is 43.2 Å². The Balaban J connectivity index is 5.23. The molecule has 0 aromatic carbocycles. The van der Waals surface area contributed by atoms with Crippen molar-refractivity contribution in [2.75, 3.05) is 39.6 Å². The van der Waals surface area contributed by atoms with Gasteiger partial charge in [-0.3, -0.25) is 37.3 Å². The van der Waals surface area contributed by atoms with Crippen LogP contribution in [0, 0.1) is 23.7 Å². The molecule has 6 atom stereocenters. The largest absolute Gasteiger partial charge is 0.472 e. The van der Waals surface area contributed by atoms with Crippen LogP contribution in [0.1, 0.15) is 306 Å². The minimum Gasteiger partial charge on any atom is -0.462 e. The molecule has 492 valence electrons. The molecule has 3 N–H and O–H groups in total. The van der Waals surface area contributed by atoms with Crippen molar-refractivity contribution >= 4 is 39.5 Å². The van der Waals surface area contributed by atoms with Crippen molar-refractivity contribution in [1.82, 2.24) is 0 Å². The lowest BCUT2D eigenvalue weighted by Gasteiger charge is -2.21. The van der Waals surface area contributed by atoms with Crippen LogP contribution in [0.5, 0.6) is 0 Å². The van der Waals surface area contributed by atoms with Crippen LogP contribution in [0.25, 0.3) is 0 Å². The van der Waals surface area contributed by atoms with Crippen molar-refractivity contribution < 1.29 is 80.2 Å². The Morgan fingerprint density at radius 1 is 0.337 bits per heavy atom. The number of unbranched alkanes of at least 4 members (excludes halogenated alkanes) is 26. The van der Waals surface area contributed by atoms with E-state index in [0.717, 1.165) is 108 Å². The van der Waals surface area contributed by atoms with Gasteiger partial charge >= 0.3 is 39.5 Å². The summed E-state index contributed by atoms with van der Waals surface area (Å²) in [5, 5.41) is 10.5. The first-order chi connectivity index (χ1) is 39.6. The number of hydrogen-bond donors (Lipinski definition) is 3. The summed E-state index contributed by atoms with van der Waals surface area (Å²) in [6, 6.07) is 0. The third-order valence-corrected chi connectivity index (χ3v) is 16.8. The van der Waals surface area contributed by atoms with Crippen LogP contribution in [0.4, 0.5) is 0 Å². The van der Waals surface area contributed by atoms with E-state index in [-0.39, 0.29) is 25.7 Å². The third kappa shape index (κ3) is 57.6. The van der Waals surface area contributed by atoms with E-state index in [1.54, 1.807) is 0 Å². The summed E-state index contributed by atoms with van der Waals surface area (Å²) < 4.78 is 67.9. The van der Waals surface area contributed by atoms with Gasteiger partial charge in [0.15, 0.2) is 12.2 Å². The molecule has 0 aliphatic rings. The second kappa shape index (κ2) is 54.2. The fourth-order valence-corrected chi connectivity index (χ4v) is 11.0. The van der Waals surface area contributed by atoms with Gasteiger partial charge in [0.1, 0.15) is 19.3 Å². The highest BCUT2D eigenvalue weighted by atomic mass is 31.2. The predicted octanol–water partition coefficient (Wildman–Crippen LogP) is 17.4. The first kappa shape index (κ1) is 81.1. The maximum Gasteiger partial charge on any atom is 0.472 e. The summed E-state index contributed by atoms with van der Waals surface area (Å²) in [4.78, 5) is 72.2. The van der Waals surface area contributed by atoms with Crippen molar-refractivity contribution in [3.8, 4) is 0 Å². The lowest BCUT2D eigenvalue weighted by Crippen LogP contribution is -2.30. The molecule has 0 heterocycles. The topological polar surface area (TPSA) is 237 Å². The molecule has 0 aromatic heterocycles. The number of carbonyl (C=O) groups excluding carboxylic acids is 4. The summed E-state index contributed by atoms with van der Waals surface area (Å²) in [5.41, 5.74) is 0. The summed E-state index contributed by atoms with van der Waals surface area (Å²) in [5.74, 6) is 0.722. The fraction of sp³-hybridized carbons (Fsp3) is 0.938. The van der Waals surface area contributed by atoms with Gasteiger partial charge in [0.05, 0.1) is 26.4 Å². The SMILES string of the molecule is CCC(C)CCCCCCCCC(=O)O[C@H](COC(=O)CCCCCCCCC(C)C)COP(=O)(O)OC[C@H](O)COP(=O)(O)OC[C@@H](COC(=O)CCCCCCCCCCCCCC(C)C)OC(=O)CCCCCCCCCC(C)C. The predicted molar refractivity (Wildman–Crippen MR) is 331 cm³/mol. The zero-order valence-electron chi connectivity index (χ0n) is 53.8. The molecule has 0 aromatic rings. The number of hydrogen-bond acceptors (Lipinski definition) is 15. The van der Waals surface area contributed by atoms with E-state index >= 15 is 0 Å². The van der Waals surface area contributed by atoms with Crippen LogP contribution >= 0.6 is 15.6 Å².